The fourth-order valence-electron chi connectivity index (χ4n) is 1.95. The molecule has 4 heteroatoms. The molecule has 1 fully saturated rings. The minimum atomic E-state index is 0.349. The number of benzene rings is 1. The monoisotopic (exact) mass is 303 g/mol. The molecule has 1 aromatic carbocycles. The lowest BCUT2D eigenvalue weighted by Gasteiger charge is -2.28. The van der Waals surface area contributed by atoms with E-state index in [1.165, 1.54) is 0 Å². The third kappa shape index (κ3) is 3.12. The molecular formula is C12H15BrClNO. The van der Waals surface area contributed by atoms with Crippen LogP contribution in [0.3, 0.4) is 0 Å². The molecule has 0 bridgehead atoms. The molecule has 0 radical (unpaired) electrons. The highest BCUT2D eigenvalue weighted by Crippen LogP contribution is 2.27. The number of rotatable bonds is 2. The summed E-state index contributed by atoms with van der Waals surface area (Å²) in [5.74, 6) is 0. The van der Waals surface area contributed by atoms with Crippen LogP contribution >= 0.6 is 27.5 Å². The maximum absolute atomic E-state index is 5.95. The van der Waals surface area contributed by atoms with Crippen LogP contribution in [0.1, 0.15) is 19.8 Å². The zero-order chi connectivity index (χ0) is 11.5. The summed E-state index contributed by atoms with van der Waals surface area (Å²) in [6.45, 7) is 2.96. The fraction of sp³-hybridized carbons (Fsp3) is 0.500. The Hall–Kier alpha value is -0.250. The molecule has 1 aliphatic rings. The van der Waals surface area contributed by atoms with Crippen LogP contribution < -0.4 is 5.32 Å². The van der Waals surface area contributed by atoms with Gasteiger partial charge in [-0.15, -0.1) is 0 Å². The molecule has 0 spiro atoms. The predicted molar refractivity (Wildman–Crippen MR) is 71.2 cm³/mol. The first-order valence-corrected chi connectivity index (χ1v) is 6.65. The van der Waals surface area contributed by atoms with Crippen molar-refractivity contribution in [3.05, 3.63) is 27.7 Å². The Morgan fingerprint density at radius 2 is 2.31 bits per heavy atom. The van der Waals surface area contributed by atoms with Crippen molar-refractivity contribution < 1.29 is 4.74 Å². The molecule has 1 N–H and O–H groups in total. The second kappa shape index (κ2) is 5.39. The van der Waals surface area contributed by atoms with Gasteiger partial charge in [-0.3, -0.25) is 0 Å². The lowest BCUT2D eigenvalue weighted by molar-refractivity contribution is 0.0232. The van der Waals surface area contributed by atoms with Crippen molar-refractivity contribution in [3.63, 3.8) is 0 Å². The first-order valence-electron chi connectivity index (χ1n) is 5.48. The predicted octanol–water partition coefficient (Wildman–Crippen LogP) is 4.08. The topological polar surface area (TPSA) is 21.3 Å². The largest absolute Gasteiger partial charge is 0.382 e. The van der Waals surface area contributed by atoms with Gasteiger partial charge in [-0.05, 0) is 53.9 Å². The first kappa shape index (κ1) is 12.2. The fourth-order valence-corrected chi connectivity index (χ4v) is 2.45. The minimum absolute atomic E-state index is 0.349. The molecule has 1 saturated heterocycles. The van der Waals surface area contributed by atoms with Gasteiger partial charge in [0.05, 0.1) is 11.1 Å². The van der Waals surface area contributed by atoms with Crippen molar-refractivity contribution in [2.24, 2.45) is 0 Å². The molecule has 2 unspecified atom stereocenters. The standard InChI is InChI=1S/C12H15BrClNO/c1-8-6-10(4-5-16-8)15-9-2-3-12(14)11(13)7-9/h2-3,7-8,10,15H,4-6H2,1H3. The number of ether oxygens (including phenoxy) is 1. The molecule has 88 valence electrons. The summed E-state index contributed by atoms with van der Waals surface area (Å²) in [5, 5.41) is 4.25. The van der Waals surface area contributed by atoms with Gasteiger partial charge in [0.1, 0.15) is 0 Å². The Bertz CT molecular complexity index is 372. The molecule has 0 aromatic heterocycles. The van der Waals surface area contributed by atoms with Crippen molar-refractivity contribution in [2.45, 2.75) is 31.9 Å². The second-order valence-corrected chi connectivity index (χ2v) is 5.44. The SMILES string of the molecule is CC1CC(Nc2ccc(Cl)c(Br)c2)CCO1. The number of halogens is 2. The van der Waals surface area contributed by atoms with E-state index in [4.69, 9.17) is 16.3 Å². The maximum atomic E-state index is 5.95. The summed E-state index contributed by atoms with van der Waals surface area (Å²) in [5.41, 5.74) is 1.11. The van der Waals surface area contributed by atoms with Crippen molar-refractivity contribution in [2.75, 3.05) is 11.9 Å². The number of hydrogen-bond donors (Lipinski definition) is 1. The van der Waals surface area contributed by atoms with Gasteiger partial charge in [-0.25, -0.2) is 0 Å². The van der Waals surface area contributed by atoms with Crippen LogP contribution in [0.4, 0.5) is 5.69 Å². The lowest BCUT2D eigenvalue weighted by Crippen LogP contribution is -2.32. The van der Waals surface area contributed by atoms with Crippen molar-refractivity contribution in [1.82, 2.24) is 0 Å². The van der Waals surface area contributed by atoms with E-state index in [1.807, 2.05) is 18.2 Å². The van der Waals surface area contributed by atoms with Crippen LogP contribution in [0.25, 0.3) is 0 Å². The third-order valence-electron chi connectivity index (χ3n) is 2.78. The number of anilines is 1. The van der Waals surface area contributed by atoms with Gasteiger partial charge >= 0.3 is 0 Å². The van der Waals surface area contributed by atoms with Crippen molar-refractivity contribution in [1.29, 1.82) is 0 Å². The van der Waals surface area contributed by atoms with Gasteiger partial charge in [0.2, 0.25) is 0 Å². The number of hydrogen-bond acceptors (Lipinski definition) is 2. The Morgan fingerprint density at radius 3 is 3.00 bits per heavy atom. The second-order valence-electron chi connectivity index (χ2n) is 4.18. The molecule has 0 saturated carbocycles. The van der Waals surface area contributed by atoms with Crippen LogP contribution in [0.2, 0.25) is 5.02 Å². The highest BCUT2D eigenvalue weighted by molar-refractivity contribution is 9.10. The van der Waals surface area contributed by atoms with E-state index in [0.717, 1.165) is 34.6 Å². The van der Waals surface area contributed by atoms with Crippen LogP contribution in [-0.4, -0.2) is 18.8 Å². The average Bonchev–Trinajstić information content (AvgIpc) is 2.24. The summed E-state index contributed by atoms with van der Waals surface area (Å²) in [7, 11) is 0. The smallest absolute Gasteiger partial charge is 0.0566 e. The Morgan fingerprint density at radius 1 is 1.50 bits per heavy atom. The molecule has 1 heterocycles. The molecule has 1 aromatic rings. The van der Waals surface area contributed by atoms with E-state index < -0.39 is 0 Å². The average molecular weight is 305 g/mol. The van der Waals surface area contributed by atoms with Gasteiger partial charge in [0, 0.05) is 22.8 Å². The van der Waals surface area contributed by atoms with Crippen LogP contribution in [0.15, 0.2) is 22.7 Å². The lowest BCUT2D eigenvalue weighted by atomic mass is 10.0. The Labute approximate surface area is 109 Å². The highest BCUT2D eigenvalue weighted by Gasteiger charge is 2.18. The van der Waals surface area contributed by atoms with E-state index >= 15 is 0 Å². The molecule has 1 aliphatic heterocycles. The summed E-state index contributed by atoms with van der Waals surface area (Å²) in [6, 6.07) is 6.42. The van der Waals surface area contributed by atoms with Crippen LogP contribution in [0, 0.1) is 0 Å². The third-order valence-corrected chi connectivity index (χ3v) is 3.99. The van der Waals surface area contributed by atoms with Gasteiger partial charge in [-0.2, -0.15) is 0 Å². The summed E-state index contributed by atoms with van der Waals surface area (Å²) in [6.07, 6.45) is 2.46. The molecule has 2 atom stereocenters. The summed E-state index contributed by atoms with van der Waals surface area (Å²) >= 11 is 9.38. The highest BCUT2D eigenvalue weighted by atomic mass is 79.9. The maximum Gasteiger partial charge on any atom is 0.0566 e. The van der Waals surface area contributed by atoms with Crippen LogP contribution in [-0.2, 0) is 4.74 Å². The zero-order valence-corrected chi connectivity index (χ0v) is 11.5. The van der Waals surface area contributed by atoms with Gasteiger partial charge in [0.25, 0.3) is 0 Å². The Kier molecular flexibility index (Phi) is 4.11. The van der Waals surface area contributed by atoms with Gasteiger partial charge in [0.15, 0.2) is 0 Å². The first-order chi connectivity index (χ1) is 7.65. The van der Waals surface area contributed by atoms with Crippen molar-refractivity contribution in [3.8, 4) is 0 Å². The van der Waals surface area contributed by atoms with E-state index in [-0.39, 0.29) is 0 Å². The summed E-state index contributed by atoms with van der Waals surface area (Å²) in [4.78, 5) is 0. The van der Waals surface area contributed by atoms with E-state index in [9.17, 15) is 0 Å². The normalized spacial score (nSPS) is 25.4. The number of nitrogens with one attached hydrogen (secondary N) is 1. The molecular weight excluding hydrogens is 289 g/mol. The minimum Gasteiger partial charge on any atom is -0.382 e. The summed E-state index contributed by atoms with van der Waals surface area (Å²) < 4.78 is 6.45. The molecule has 0 amide bonds. The molecule has 16 heavy (non-hydrogen) atoms. The molecule has 2 rings (SSSR count). The molecule has 2 nitrogen and oxygen atoms in total. The Balaban J connectivity index is 2.00. The van der Waals surface area contributed by atoms with E-state index in [2.05, 4.69) is 28.2 Å². The van der Waals surface area contributed by atoms with Crippen LogP contribution in [0.5, 0.6) is 0 Å². The van der Waals surface area contributed by atoms with E-state index in [1.54, 1.807) is 0 Å². The van der Waals surface area contributed by atoms with Crippen molar-refractivity contribution >= 4 is 33.2 Å². The zero-order valence-electron chi connectivity index (χ0n) is 9.17. The van der Waals surface area contributed by atoms with E-state index in [0.29, 0.717) is 12.1 Å². The van der Waals surface area contributed by atoms with Gasteiger partial charge in [-0.1, -0.05) is 11.6 Å². The quantitative estimate of drug-likeness (QED) is 0.889. The molecule has 0 aliphatic carbocycles. The van der Waals surface area contributed by atoms with Gasteiger partial charge < -0.3 is 10.1 Å².